The minimum Gasteiger partial charge on any atom is -0.378 e. The van der Waals surface area contributed by atoms with E-state index in [1.807, 2.05) is 0 Å². The van der Waals surface area contributed by atoms with E-state index in [-0.39, 0.29) is 8.80 Å². The summed E-state index contributed by atoms with van der Waals surface area (Å²) in [5, 5.41) is 0. The Kier molecular flexibility index (Phi) is 7.22. The van der Waals surface area contributed by atoms with Gasteiger partial charge in [0.05, 0.1) is 0 Å². The van der Waals surface area contributed by atoms with Gasteiger partial charge in [-0.15, -0.1) is 0 Å². The summed E-state index contributed by atoms with van der Waals surface area (Å²) in [4.78, 5) is 3.93. The fourth-order valence-corrected chi connectivity index (χ4v) is 17.7. The van der Waals surface area contributed by atoms with Crippen LogP contribution in [-0.4, -0.2) is 45.2 Å². The third-order valence-electron chi connectivity index (χ3n) is 4.94. The molecule has 0 saturated carbocycles. The van der Waals surface area contributed by atoms with E-state index in [0.717, 1.165) is 0 Å². The van der Waals surface area contributed by atoms with Crippen LogP contribution in [0, 0.1) is 0 Å². The second-order valence-corrected chi connectivity index (χ2v) is 26.2. The maximum absolute atomic E-state index is 3.93. The summed E-state index contributed by atoms with van der Waals surface area (Å²) in [5.41, 5.74) is 0. The first kappa shape index (κ1) is 19.9. The van der Waals surface area contributed by atoms with E-state index in [2.05, 4.69) is 69.0 Å². The first-order valence-electron chi connectivity index (χ1n) is 8.66. The van der Waals surface area contributed by atoms with Gasteiger partial charge in [0.15, 0.2) is 0 Å². The number of hydrogen-bond donors (Lipinski definition) is 1. The summed E-state index contributed by atoms with van der Waals surface area (Å²) in [6.45, 7) is 20.2. The molecular weight excluding hydrogens is 319 g/mol. The van der Waals surface area contributed by atoms with Crippen molar-refractivity contribution < 1.29 is 0 Å². The normalized spacial score (nSPS) is 22.5. The molecule has 1 N–H and O–H groups in total. The fraction of sp³-hybridized carbons (Fsp3) is 1.00. The molecule has 1 rings (SSSR count). The molecule has 2 nitrogen and oxygen atoms in total. The van der Waals surface area contributed by atoms with Crippen LogP contribution in [0.2, 0.25) is 76.6 Å². The summed E-state index contributed by atoms with van der Waals surface area (Å²) in [6.07, 6.45) is 2.91. The molecule has 0 aromatic carbocycles. The van der Waals surface area contributed by atoms with Gasteiger partial charge in [-0.05, 0) is 18.1 Å². The zero-order valence-corrected chi connectivity index (χ0v) is 19.8. The van der Waals surface area contributed by atoms with Crippen molar-refractivity contribution in [1.29, 1.82) is 0 Å². The van der Waals surface area contributed by atoms with Gasteiger partial charge in [0.2, 0.25) is 0 Å². The van der Waals surface area contributed by atoms with Crippen LogP contribution >= 0.6 is 0 Å². The van der Waals surface area contributed by atoms with Gasteiger partial charge in [0, 0.05) is 8.80 Å². The van der Waals surface area contributed by atoms with E-state index in [1.54, 1.807) is 0 Å². The first-order valence-corrected chi connectivity index (χ1v) is 20.9. The summed E-state index contributed by atoms with van der Waals surface area (Å²) in [7, 11) is -1.23. The van der Waals surface area contributed by atoms with Gasteiger partial charge in [-0.3, -0.25) is 0 Å². The average molecular weight is 357 g/mol. The summed E-state index contributed by atoms with van der Waals surface area (Å²) in [5.74, 6) is 0. The Morgan fingerprint density at radius 1 is 1.10 bits per heavy atom. The lowest BCUT2D eigenvalue weighted by molar-refractivity contribution is 0.798. The van der Waals surface area contributed by atoms with Crippen LogP contribution in [0.25, 0.3) is 0 Å². The topological polar surface area (TPSA) is 15.3 Å². The van der Waals surface area contributed by atoms with E-state index < -0.39 is 24.7 Å². The molecule has 0 spiro atoms. The van der Waals surface area contributed by atoms with E-state index in [0.29, 0.717) is 0 Å². The maximum atomic E-state index is 3.93. The van der Waals surface area contributed by atoms with Crippen LogP contribution in [0.3, 0.4) is 0 Å². The molecule has 7 heteroatoms. The highest BCUT2D eigenvalue weighted by molar-refractivity contribution is 6.99. The molecule has 0 bridgehead atoms. The monoisotopic (exact) mass is 356 g/mol. The van der Waals surface area contributed by atoms with Crippen molar-refractivity contribution in [1.82, 2.24) is 9.04 Å². The molecule has 2 radical (unpaired) electrons. The predicted octanol–water partition coefficient (Wildman–Crippen LogP) is 4.58. The molecule has 1 aliphatic heterocycles. The Hall–Kier alpha value is 0.852. The van der Waals surface area contributed by atoms with Crippen LogP contribution in [0.5, 0.6) is 0 Å². The molecule has 1 fully saturated rings. The molecule has 21 heavy (non-hydrogen) atoms. The largest absolute Gasteiger partial charge is 0.378 e. The number of nitrogens with zero attached hydrogens (tertiary/aromatic N) is 1. The van der Waals surface area contributed by atoms with Crippen LogP contribution in [0.1, 0.15) is 12.8 Å². The third kappa shape index (κ3) is 6.47. The van der Waals surface area contributed by atoms with Crippen molar-refractivity contribution in [2.24, 2.45) is 0 Å². The van der Waals surface area contributed by atoms with Gasteiger partial charge in [-0.1, -0.05) is 71.3 Å². The SMILES string of the molecule is C[Si](C)CCC[Si](C)(C)N[B]N1[Si](C)(C)CCC[Si]1(C)C. The molecule has 0 atom stereocenters. The van der Waals surface area contributed by atoms with Crippen LogP contribution < -0.4 is 4.89 Å². The molecule has 1 aliphatic rings. The first-order chi connectivity index (χ1) is 9.46. The average Bonchev–Trinajstić information content (AvgIpc) is 2.25. The molecule has 0 unspecified atom stereocenters. The highest BCUT2D eigenvalue weighted by atomic mass is 28.4. The Bertz CT molecular complexity index is 319. The van der Waals surface area contributed by atoms with E-state index >= 15 is 0 Å². The Morgan fingerprint density at radius 3 is 2.10 bits per heavy atom. The van der Waals surface area contributed by atoms with Crippen molar-refractivity contribution in [2.75, 3.05) is 0 Å². The maximum Gasteiger partial charge on any atom is 0.287 e. The van der Waals surface area contributed by atoms with Gasteiger partial charge < -0.3 is 9.04 Å². The van der Waals surface area contributed by atoms with Crippen LogP contribution in [0.15, 0.2) is 0 Å². The number of nitrogens with one attached hydrogen (secondary N) is 1. The molecule has 0 aromatic rings. The predicted molar refractivity (Wildman–Crippen MR) is 109 cm³/mol. The lowest BCUT2D eigenvalue weighted by atomic mass is 10.3. The standard InChI is InChI=1S/C14H37BN2Si4/c1-18(2)11-9-12-19(3,4)16-15-17-20(5,6)13-10-14-21(17,7)8/h16H,9-14H2,1-8H3. The van der Waals surface area contributed by atoms with Crippen molar-refractivity contribution in [2.45, 2.75) is 89.4 Å². The fourth-order valence-electron chi connectivity index (χ4n) is 3.56. The Morgan fingerprint density at radius 2 is 1.62 bits per heavy atom. The van der Waals surface area contributed by atoms with E-state index in [9.17, 15) is 0 Å². The third-order valence-corrected chi connectivity index (χ3v) is 18.5. The molecule has 122 valence electrons. The van der Waals surface area contributed by atoms with E-state index in [1.165, 1.54) is 37.0 Å². The van der Waals surface area contributed by atoms with Crippen LogP contribution in [-0.2, 0) is 0 Å². The Balaban J connectivity index is 2.54. The minimum absolute atomic E-state index is 0.0406. The van der Waals surface area contributed by atoms with Gasteiger partial charge in [0.1, 0.15) is 24.7 Å². The summed E-state index contributed by atoms with van der Waals surface area (Å²) >= 11 is 0. The van der Waals surface area contributed by atoms with Crippen molar-refractivity contribution in [3.63, 3.8) is 0 Å². The summed E-state index contributed by atoms with van der Waals surface area (Å²) < 4.78 is 2.88. The Labute approximate surface area is 139 Å². The highest BCUT2D eigenvalue weighted by Gasteiger charge is 2.44. The quantitative estimate of drug-likeness (QED) is 0.672. The smallest absolute Gasteiger partial charge is 0.287 e. The molecule has 1 saturated heterocycles. The summed E-state index contributed by atoms with van der Waals surface area (Å²) in [6, 6.07) is 5.85. The second-order valence-electron chi connectivity index (χ2n) is 9.07. The highest BCUT2D eigenvalue weighted by Crippen LogP contribution is 2.33. The zero-order chi connectivity index (χ0) is 16.3. The van der Waals surface area contributed by atoms with Crippen LogP contribution in [0.4, 0.5) is 0 Å². The van der Waals surface area contributed by atoms with Gasteiger partial charge in [-0.2, -0.15) is 0 Å². The molecule has 0 amide bonds. The number of rotatable bonds is 7. The molecule has 0 aromatic heterocycles. The van der Waals surface area contributed by atoms with Crippen molar-refractivity contribution in [3.05, 3.63) is 0 Å². The molecule has 0 aliphatic carbocycles. The minimum atomic E-state index is -1.27. The molecular formula is C14H37BN2Si4. The zero-order valence-electron chi connectivity index (χ0n) is 15.8. The lowest BCUT2D eigenvalue weighted by Crippen LogP contribution is -2.70. The molecule has 1 heterocycles. The van der Waals surface area contributed by atoms with Crippen molar-refractivity contribution >= 4 is 41.1 Å². The lowest BCUT2D eigenvalue weighted by Gasteiger charge is -2.52. The number of hydrogen-bond acceptors (Lipinski definition) is 2. The van der Waals surface area contributed by atoms with E-state index in [4.69, 9.17) is 0 Å². The van der Waals surface area contributed by atoms with Gasteiger partial charge in [0.25, 0.3) is 7.55 Å². The van der Waals surface area contributed by atoms with Crippen molar-refractivity contribution in [3.8, 4) is 0 Å². The van der Waals surface area contributed by atoms with Gasteiger partial charge >= 0.3 is 0 Å². The van der Waals surface area contributed by atoms with Gasteiger partial charge in [-0.25, -0.2) is 0 Å². The second kappa shape index (κ2) is 7.61.